The van der Waals surface area contributed by atoms with Crippen molar-refractivity contribution >= 4 is 5.69 Å². The van der Waals surface area contributed by atoms with Gasteiger partial charge in [0, 0.05) is 24.8 Å². The lowest BCUT2D eigenvalue weighted by Crippen LogP contribution is -2.33. The fraction of sp³-hybridized carbons (Fsp3) is 0.571. The molecule has 0 spiro atoms. The van der Waals surface area contributed by atoms with Crippen LogP contribution in [0.2, 0.25) is 0 Å². The Labute approximate surface area is 97.4 Å². The van der Waals surface area contributed by atoms with Gasteiger partial charge < -0.3 is 5.73 Å². The maximum Gasteiger partial charge on any atom is 0.0314 e. The smallest absolute Gasteiger partial charge is 0.0314 e. The Morgan fingerprint density at radius 2 is 2.00 bits per heavy atom. The summed E-state index contributed by atoms with van der Waals surface area (Å²) in [6.07, 6.45) is 5.54. The van der Waals surface area contributed by atoms with Crippen molar-refractivity contribution in [1.82, 2.24) is 4.90 Å². The topological polar surface area (TPSA) is 29.3 Å². The molecule has 1 saturated heterocycles. The zero-order chi connectivity index (χ0) is 11.0. The predicted octanol–water partition coefficient (Wildman–Crippen LogP) is 2.30. The molecule has 1 heterocycles. The minimum atomic E-state index is 0.865. The standard InChI is InChI=1S/C14H20N2/c15-13-4-1-11(2-5-13)7-8-16-10-12-3-6-14(16)9-12/h1-2,4-5,12,14H,3,6-10,15H2. The molecule has 16 heavy (non-hydrogen) atoms. The second kappa shape index (κ2) is 4.10. The Morgan fingerprint density at radius 1 is 1.19 bits per heavy atom. The van der Waals surface area contributed by atoms with Gasteiger partial charge in [0.05, 0.1) is 0 Å². The lowest BCUT2D eigenvalue weighted by Gasteiger charge is -2.26. The number of nitrogens with zero attached hydrogens (tertiary/aromatic N) is 1. The van der Waals surface area contributed by atoms with Crippen molar-refractivity contribution in [2.75, 3.05) is 18.8 Å². The van der Waals surface area contributed by atoms with Crippen molar-refractivity contribution in [3.05, 3.63) is 29.8 Å². The summed E-state index contributed by atoms with van der Waals surface area (Å²) in [6, 6.07) is 9.23. The van der Waals surface area contributed by atoms with Crippen LogP contribution in [-0.2, 0) is 6.42 Å². The van der Waals surface area contributed by atoms with Crippen molar-refractivity contribution in [2.45, 2.75) is 31.7 Å². The lowest BCUT2D eigenvalue weighted by atomic mass is 10.1. The molecular weight excluding hydrogens is 196 g/mol. The zero-order valence-electron chi connectivity index (χ0n) is 9.73. The summed E-state index contributed by atoms with van der Waals surface area (Å²) >= 11 is 0. The molecule has 2 heteroatoms. The Hall–Kier alpha value is -1.02. The molecule has 2 unspecified atom stereocenters. The van der Waals surface area contributed by atoms with Crippen LogP contribution in [0.4, 0.5) is 5.69 Å². The third-order valence-corrected chi connectivity index (χ3v) is 4.19. The maximum absolute atomic E-state index is 5.68. The van der Waals surface area contributed by atoms with Gasteiger partial charge in [0.1, 0.15) is 0 Å². The van der Waals surface area contributed by atoms with E-state index in [0.29, 0.717) is 0 Å². The third-order valence-electron chi connectivity index (χ3n) is 4.19. The number of piperidine rings is 1. The Bertz CT molecular complexity index is 358. The average molecular weight is 216 g/mol. The van der Waals surface area contributed by atoms with Crippen molar-refractivity contribution in [3.63, 3.8) is 0 Å². The number of nitrogens with two attached hydrogens (primary N) is 1. The molecule has 2 atom stereocenters. The summed E-state index contributed by atoms with van der Waals surface area (Å²) in [5, 5.41) is 0. The molecule has 2 nitrogen and oxygen atoms in total. The first-order valence-corrected chi connectivity index (χ1v) is 6.40. The molecule has 1 aromatic rings. The summed E-state index contributed by atoms with van der Waals surface area (Å²) in [5.74, 6) is 1.01. The van der Waals surface area contributed by atoms with Gasteiger partial charge in [-0.1, -0.05) is 12.1 Å². The third kappa shape index (κ3) is 1.94. The van der Waals surface area contributed by atoms with Gasteiger partial charge >= 0.3 is 0 Å². The highest BCUT2D eigenvalue weighted by Gasteiger charge is 2.36. The van der Waals surface area contributed by atoms with Crippen LogP contribution in [0.1, 0.15) is 24.8 Å². The fourth-order valence-corrected chi connectivity index (χ4v) is 3.26. The van der Waals surface area contributed by atoms with E-state index in [1.807, 2.05) is 12.1 Å². The monoisotopic (exact) mass is 216 g/mol. The fourth-order valence-electron chi connectivity index (χ4n) is 3.26. The van der Waals surface area contributed by atoms with Crippen LogP contribution in [0.25, 0.3) is 0 Å². The van der Waals surface area contributed by atoms with E-state index in [0.717, 1.165) is 17.6 Å². The number of fused-ring (bicyclic) bond motifs is 2. The first-order chi connectivity index (χ1) is 7.81. The largest absolute Gasteiger partial charge is 0.399 e. The van der Waals surface area contributed by atoms with Crippen LogP contribution in [-0.4, -0.2) is 24.0 Å². The second-order valence-corrected chi connectivity index (χ2v) is 5.32. The van der Waals surface area contributed by atoms with Crippen LogP contribution in [0.5, 0.6) is 0 Å². The van der Waals surface area contributed by atoms with E-state index < -0.39 is 0 Å². The highest BCUT2D eigenvalue weighted by atomic mass is 15.2. The van der Waals surface area contributed by atoms with Gasteiger partial charge in [-0.2, -0.15) is 0 Å². The summed E-state index contributed by atoms with van der Waals surface area (Å²) in [5.41, 5.74) is 7.96. The summed E-state index contributed by atoms with van der Waals surface area (Å²) in [7, 11) is 0. The maximum atomic E-state index is 5.68. The van der Waals surface area contributed by atoms with E-state index in [2.05, 4.69) is 17.0 Å². The molecule has 86 valence electrons. The van der Waals surface area contributed by atoms with Crippen molar-refractivity contribution in [1.29, 1.82) is 0 Å². The summed E-state index contributed by atoms with van der Waals surface area (Å²) in [4.78, 5) is 2.69. The first kappa shape index (κ1) is 10.2. The molecule has 1 saturated carbocycles. The molecule has 2 fully saturated rings. The molecule has 0 radical (unpaired) electrons. The number of anilines is 1. The van der Waals surface area contributed by atoms with Gasteiger partial charge in [0.25, 0.3) is 0 Å². The normalized spacial score (nSPS) is 28.8. The van der Waals surface area contributed by atoms with E-state index in [1.165, 1.54) is 44.3 Å². The molecule has 2 N–H and O–H groups in total. The van der Waals surface area contributed by atoms with Crippen molar-refractivity contribution in [2.24, 2.45) is 5.92 Å². The van der Waals surface area contributed by atoms with Gasteiger partial charge in [-0.05, 0) is 49.3 Å². The minimum absolute atomic E-state index is 0.865. The first-order valence-electron chi connectivity index (χ1n) is 6.40. The average Bonchev–Trinajstić information content (AvgIpc) is 2.90. The number of nitrogen functional groups attached to an aromatic ring is 1. The molecule has 2 bridgehead atoms. The van der Waals surface area contributed by atoms with E-state index >= 15 is 0 Å². The van der Waals surface area contributed by atoms with E-state index in [9.17, 15) is 0 Å². The molecule has 0 amide bonds. The van der Waals surface area contributed by atoms with Gasteiger partial charge in [-0.15, -0.1) is 0 Å². The number of likely N-dealkylation sites (tertiary alicyclic amines) is 1. The van der Waals surface area contributed by atoms with Crippen LogP contribution in [0.3, 0.4) is 0 Å². The van der Waals surface area contributed by atoms with Crippen LogP contribution >= 0.6 is 0 Å². The van der Waals surface area contributed by atoms with E-state index in [-0.39, 0.29) is 0 Å². The SMILES string of the molecule is Nc1ccc(CCN2CC3CCC2C3)cc1. The number of rotatable bonds is 3. The number of benzene rings is 1. The predicted molar refractivity (Wildman–Crippen MR) is 67.3 cm³/mol. The molecule has 0 aromatic heterocycles. The lowest BCUT2D eigenvalue weighted by molar-refractivity contribution is 0.216. The zero-order valence-corrected chi connectivity index (χ0v) is 9.73. The summed E-state index contributed by atoms with van der Waals surface area (Å²) < 4.78 is 0. The second-order valence-electron chi connectivity index (χ2n) is 5.32. The van der Waals surface area contributed by atoms with Gasteiger partial charge in [-0.3, -0.25) is 4.90 Å². The Balaban J connectivity index is 1.55. The van der Waals surface area contributed by atoms with Gasteiger partial charge in [0.15, 0.2) is 0 Å². The highest BCUT2D eigenvalue weighted by molar-refractivity contribution is 5.39. The van der Waals surface area contributed by atoms with Crippen molar-refractivity contribution in [3.8, 4) is 0 Å². The molecular formula is C14H20N2. The van der Waals surface area contributed by atoms with Gasteiger partial charge in [-0.25, -0.2) is 0 Å². The Morgan fingerprint density at radius 3 is 2.62 bits per heavy atom. The van der Waals surface area contributed by atoms with Crippen molar-refractivity contribution < 1.29 is 0 Å². The van der Waals surface area contributed by atoms with Crippen LogP contribution in [0.15, 0.2) is 24.3 Å². The quantitative estimate of drug-likeness (QED) is 0.786. The summed E-state index contributed by atoms with van der Waals surface area (Å²) in [6.45, 7) is 2.57. The Kier molecular flexibility index (Phi) is 2.60. The number of hydrogen-bond donors (Lipinski definition) is 1. The molecule has 1 aliphatic heterocycles. The minimum Gasteiger partial charge on any atom is -0.399 e. The number of hydrogen-bond acceptors (Lipinski definition) is 2. The van der Waals surface area contributed by atoms with Crippen LogP contribution in [0, 0.1) is 5.92 Å². The molecule has 1 aliphatic carbocycles. The van der Waals surface area contributed by atoms with Gasteiger partial charge in [0.2, 0.25) is 0 Å². The van der Waals surface area contributed by atoms with E-state index in [1.54, 1.807) is 0 Å². The molecule has 1 aromatic carbocycles. The van der Waals surface area contributed by atoms with E-state index in [4.69, 9.17) is 5.73 Å². The molecule has 3 rings (SSSR count). The highest BCUT2D eigenvalue weighted by Crippen LogP contribution is 2.37. The van der Waals surface area contributed by atoms with Crippen LogP contribution < -0.4 is 5.73 Å². The molecule has 2 aliphatic rings.